The molecule has 112 valence electrons. The predicted molar refractivity (Wildman–Crippen MR) is 82.2 cm³/mol. The monoisotopic (exact) mass is 277 g/mol. The van der Waals surface area contributed by atoms with Gasteiger partial charge >= 0.3 is 0 Å². The highest BCUT2D eigenvalue weighted by atomic mass is 16.5. The maximum absolute atomic E-state index is 9.05. The van der Waals surface area contributed by atoms with Gasteiger partial charge in [-0.05, 0) is 68.8 Å². The van der Waals surface area contributed by atoms with Gasteiger partial charge in [0.2, 0.25) is 0 Å². The third kappa shape index (κ3) is 4.80. The number of benzene rings is 1. The fraction of sp³-hybridized carbons (Fsp3) is 0.647. The van der Waals surface area contributed by atoms with Crippen molar-refractivity contribution in [2.75, 3.05) is 33.4 Å². The van der Waals surface area contributed by atoms with Crippen LogP contribution in [-0.2, 0) is 6.42 Å². The maximum atomic E-state index is 9.05. The largest absolute Gasteiger partial charge is 0.497 e. The lowest BCUT2D eigenvalue weighted by molar-refractivity contribution is 0.147. The van der Waals surface area contributed by atoms with Crippen LogP contribution in [-0.4, -0.2) is 43.4 Å². The number of aryl methyl sites for hydroxylation is 1. The molecule has 0 amide bonds. The van der Waals surface area contributed by atoms with Gasteiger partial charge in [0.05, 0.1) is 7.11 Å². The van der Waals surface area contributed by atoms with Crippen molar-refractivity contribution >= 4 is 0 Å². The van der Waals surface area contributed by atoms with Crippen molar-refractivity contribution in [3.63, 3.8) is 0 Å². The second-order valence-electron chi connectivity index (χ2n) is 5.78. The van der Waals surface area contributed by atoms with E-state index in [1.807, 2.05) is 6.07 Å². The van der Waals surface area contributed by atoms with Crippen molar-refractivity contribution in [2.24, 2.45) is 5.92 Å². The van der Waals surface area contributed by atoms with E-state index in [0.717, 1.165) is 18.6 Å². The van der Waals surface area contributed by atoms with E-state index >= 15 is 0 Å². The van der Waals surface area contributed by atoms with Gasteiger partial charge in [-0.15, -0.1) is 0 Å². The van der Waals surface area contributed by atoms with Crippen LogP contribution in [0.5, 0.6) is 5.75 Å². The van der Waals surface area contributed by atoms with Gasteiger partial charge in [-0.25, -0.2) is 0 Å². The average Bonchev–Trinajstić information content (AvgIpc) is 2.48. The molecular formula is C17H27NO2. The summed E-state index contributed by atoms with van der Waals surface area (Å²) in [7, 11) is 1.72. The molecule has 3 nitrogen and oxygen atoms in total. The van der Waals surface area contributed by atoms with Gasteiger partial charge in [0, 0.05) is 13.2 Å². The second-order valence-corrected chi connectivity index (χ2v) is 5.78. The number of nitrogens with zero attached hydrogens (tertiary/aromatic N) is 1. The summed E-state index contributed by atoms with van der Waals surface area (Å²) in [4.78, 5) is 2.56. The van der Waals surface area contributed by atoms with Crippen LogP contribution in [0.4, 0.5) is 0 Å². The first-order chi connectivity index (χ1) is 9.81. The number of piperidine rings is 1. The highest BCUT2D eigenvalue weighted by Gasteiger charge is 2.18. The molecule has 0 spiro atoms. The number of likely N-dealkylation sites (tertiary alicyclic amines) is 1. The minimum absolute atomic E-state index is 0.336. The van der Waals surface area contributed by atoms with E-state index in [2.05, 4.69) is 23.1 Å². The molecule has 1 heterocycles. The van der Waals surface area contributed by atoms with E-state index in [4.69, 9.17) is 9.84 Å². The van der Waals surface area contributed by atoms with E-state index < -0.39 is 0 Å². The van der Waals surface area contributed by atoms with Crippen LogP contribution in [0.25, 0.3) is 0 Å². The Balaban J connectivity index is 1.72. The zero-order valence-corrected chi connectivity index (χ0v) is 12.6. The number of methoxy groups -OCH3 is 1. The zero-order chi connectivity index (χ0) is 14.2. The van der Waals surface area contributed by atoms with Crippen molar-refractivity contribution < 1.29 is 9.84 Å². The molecule has 1 aromatic rings. The quantitative estimate of drug-likeness (QED) is 0.832. The first-order valence-electron chi connectivity index (χ1n) is 7.78. The smallest absolute Gasteiger partial charge is 0.119 e. The number of hydrogen-bond donors (Lipinski definition) is 1. The van der Waals surface area contributed by atoms with Gasteiger partial charge in [0.15, 0.2) is 0 Å². The summed E-state index contributed by atoms with van der Waals surface area (Å²) in [5.41, 5.74) is 1.35. The molecule has 0 aromatic heterocycles. The standard InChI is InChI=1S/C17H27NO2/c1-20-17-8-2-5-15(13-17)6-3-10-18-11-4-7-16(14-18)9-12-19/h2,5,8,13,16,19H,3-4,6-7,9-12,14H2,1H3. The summed E-state index contributed by atoms with van der Waals surface area (Å²) in [6.45, 7) is 3.89. The lowest BCUT2D eigenvalue weighted by Gasteiger charge is -2.32. The topological polar surface area (TPSA) is 32.7 Å². The summed E-state index contributed by atoms with van der Waals surface area (Å²) >= 11 is 0. The molecule has 0 bridgehead atoms. The Morgan fingerprint density at radius 3 is 3.10 bits per heavy atom. The zero-order valence-electron chi connectivity index (χ0n) is 12.6. The van der Waals surface area contributed by atoms with Gasteiger partial charge < -0.3 is 14.7 Å². The summed E-state index contributed by atoms with van der Waals surface area (Å²) in [5, 5.41) is 9.05. The minimum atomic E-state index is 0.336. The molecule has 20 heavy (non-hydrogen) atoms. The Hall–Kier alpha value is -1.06. The Morgan fingerprint density at radius 1 is 1.40 bits per heavy atom. The van der Waals surface area contributed by atoms with Crippen LogP contribution in [0.2, 0.25) is 0 Å². The molecule has 3 heteroatoms. The molecule has 1 aliphatic heterocycles. The maximum Gasteiger partial charge on any atom is 0.119 e. The Labute approximate surface area is 122 Å². The van der Waals surface area contributed by atoms with Gasteiger partial charge in [0.25, 0.3) is 0 Å². The second kappa shape index (κ2) is 8.28. The molecule has 2 rings (SSSR count). The summed E-state index contributed by atoms with van der Waals surface area (Å²) in [6.07, 6.45) is 5.83. The Morgan fingerprint density at radius 2 is 2.30 bits per heavy atom. The Bertz CT molecular complexity index is 392. The van der Waals surface area contributed by atoms with E-state index in [-0.39, 0.29) is 0 Å². The molecule has 1 unspecified atom stereocenters. The first-order valence-corrected chi connectivity index (χ1v) is 7.78. The first kappa shape index (κ1) is 15.3. The highest BCUT2D eigenvalue weighted by Crippen LogP contribution is 2.20. The fourth-order valence-electron chi connectivity index (χ4n) is 3.11. The summed E-state index contributed by atoms with van der Waals surface area (Å²) < 4.78 is 5.26. The van der Waals surface area contributed by atoms with Crippen LogP contribution in [0.15, 0.2) is 24.3 Å². The van der Waals surface area contributed by atoms with Crippen LogP contribution in [0.3, 0.4) is 0 Å². The lowest BCUT2D eigenvalue weighted by Crippen LogP contribution is -2.36. The predicted octanol–water partition coefficient (Wildman–Crippen LogP) is 2.72. The van der Waals surface area contributed by atoms with E-state index in [1.54, 1.807) is 7.11 Å². The normalized spacial score (nSPS) is 20.0. The third-order valence-corrected chi connectivity index (χ3v) is 4.21. The number of aliphatic hydroxyl groups excluding tert-OH is 1. The van der Waals surface area contributed by atoms with E-state index in [1.165, 1.54) is 44.5 Å². The number of ether oxygens (including phenoxy) is 1. The van der Waals surface area contributed by atoms with Gasteiger partial charge in [-0.2, -0.15) is 0 Å². The molecule has 1 fully saturated rings. The minimum Gasteiger partial charge on any atom is -0.497 e. The van der Waals surface area contributed by atoms with E-state index in [0.29, 0.717) is 12.5 Å². The van der Waals surface area contributed by atoms with Gasteiger partial charge in [-0.3, -0.25) is 0 Å². The van der Waals surface area contributed by atoms with Crippen LogP contribution in [0, 0.1) is 5.92 Å². The molecule has 1 N–H and O–H groups in total. The molecule has 0 radical (unpaired) electrons. The molecule has 1 saturated heterocycles. The van der Waals surface area contributed by atoms with Crippen molar-refractivity contribution in [3.05, 3.63) is 29.8 Å². The van der Waals surface area contributed by atoms with Crippen molar-refractivity contribution in [3.8, 4) is 5.75 Å². The number of aliphatic hydroxyl groups is 1. The highest BCUT2D eigenvalue weighted by molar-refractivity contribution is 5.28. The van der Waals surface area contributed by atoms with Crippen LogP contribution >= 0.6 is 0 Å². The van der Waals surface area contributed by atoms with Crippen molar-refractivity contribution in [2.45, 2.75) is 32.1 Å². The SMILES string of the molecule is COc1cccc(CCCN2CCCC(CCO)C2)c1. The summed E-state index contributed by atoms with van der Waals surface area (Å²) in [5.74, 6) is 1.65. The third-order valence-electron chi connectivity index (χ3n) is 4.21. The number of hydrogen-bond acceptors (Lipinski definition) is 3. The van der Waals surface area contributed by atoms with Gasteiger partial charge in [0.1, 0.15) is 5.75 Å². The van der Waals surface area contributed by atoms with Crippen LogP contribution in [0.1, 0.15) is 31.2 Å². The van der Waals surface area contributed by atoms with Crippen LogP contribution < -0.4 is 4.74 Å². The lowest BCUT2D eigenvalue weighted by atomic mass is 9.95. The Kier molecular flexibility index (Phi) is 6.34. The summed E-state index contributed by atoms with van der Waals surface area (Å²) in [6, 6.07) is 8.36. The molecule has 0 aliphatic carbocycles. The molecule has 0 saturated carbocycles. The molecular weight excluding hydrogens is 250 g/mol. The average molecular weight is 277 g/mol. The van der Waals surface area contributed by atoms with Crippen molar-refractivity contribution in [1.29, 1.82) is 0 Å². The fourth-order valence-corrected chi connectivity index (χ4v) is 3.11. The van der Waals surface area contributed by atoms with E-state index in [9.17, 15) is 0 Å². The number of rotatable bonds is 7. The van der Waals surface area contributed by atoms with Crippen molar-refractivity contribution in [1.82, 2.24) is 4.90 Å². The molecule has 1 aromatic carbocycles. The van der Waals surface area contributed by atoms with Gasteiger partial charge in [-0.1, -0.05) is 12.1 Å². The molecule has 1 aliphatic rings. The molecule has 1 atom stereocenters.